The molecule has 0 aliphatic rings. The van der Waals surface area contributed by atoms with Crippen LogP contribution >= 0.6 is 0 Å². The number of hydrogen-bond donors (Lipinski definition) is 1. The molecule has 0 aliphatic heterocycles. The van der Waals surface area contributed by atoms with E-state index in [1.807, 2.05) is 44.2 Å². The molecule has 0 fully saturated rings. The van der Waals surface area contributed by atoms with Gasteiger partial charge in [0.1, 0.15) is 5.60 Å². The molecular formula is C14H20O4. The Morgan fingerprint density at radius 2 is 1.72 bits per heavy atom. The van der Waals surface area contributed by atoms with Crippen LogP contribution in [0.15, 0.2) is 30.3 Å². The first-order valence-electron chi connectivity index (χ1n) is 5.85. The van der Waals surface area contributed by atoms with E-state index in [2.05, 4.69) is 0 Å². The average Bonchev–Trinajstić information content (AvgIpc) is 2.29. The van der Waals surface area contributed by atoms with E-state index in [9.17, 15) is 4.79 Å². The van der Waals surface area contributed by atoms with Crippen molar-refractivity contribution in [1.29, 1.82) is 0 Å². The summed E-state index contributed by atoms with van der Waals surface area (Å²) < 4.78 is 0. The fraction of sp³-hybridized carbons (Fsp3) is 0.500. The summed E-state index contributed by atoms with van der Waals surface area (Å²) in [6.07, 6.45) is 0. The first kappa shape index (κ1) is 14.7. The average molecular weight is 252 g/mol. The van der Waals surface area contributed by atoms with Gasteiger partial charge in [-0.25, -0.2) is 9.78 Å². The van der Waals surface area contributed by atoms with Crippen molar-refractivity contribution in [2.24, 2.45) is 5.41 Å². The molecule has 0 aliphatic carbocycles. The summed E-state index contributed by atoms with van der Waals surface area (Å²) in [4.78, 5) is 21.3. The largest absolute Gasteiger partial charge is 0.481 e. The molecule has 0 atom stereocenters. The van der Waals surface area contributed by atoms with E-state index in [4.69, 9.17) is 14.9 Å². The number of aliphatic carboxylic acids is 1. The van der Waals surface area contributed by atoms with E-state index < -0.39 is 17.0 Å². The number of hydrogen-bond acceptors (Lipinski definition) is 3. The lowest BCUT2D eigenvalue weighted by molar-refractivity contribution is -0.366. The number of carboxylic acid groups (broad SMARTS) is 1. The smallest absolute Gasteiger partial charge is 0.311 e. The summed E-state index contributed by atoms with van der Waals surface area (Å²) in [5.74, 6) is -0.913. The Morgan fingerprint density at radius 3 is 2.22 bits per heavy atom. The fourth-order valence-corrected chi connectivity index (χ4v) is 1.27. The second-order valence-electron chi connectivity index (χ2n) is 5.41. The van der Waals surface area contributed by atoms with Gasteiger partial charge < -0.3 is 5.11 Å². The van der Waals surface area contributed by atoms with Gasteiger partial charge in [0.05, 0.1) is 12.0 Å². The lowest BCUT2D eigenvalue weighted by Crippen LogP contribution is -2.31. The highest BCUT2D eigenvalue weighted by molar-refractivity contribution is 5.73. The van der Waals surface area contributed by atoms with Gasteiger partial charge in [0.25, 0.3) is 0 Å². The Hall–Kier alpha value is -1.39. The maximum Gasteiger partial charge on any atom is 0.311 e. The molecule has 0 heterocycles. The van der Waals surface area contributed by atoms with Crippen molar-refractivity contribution >= 4 is 5.97 Å². The minimum Gasteiger partial charge on any atom is -0.481 e. The first-order valence-corrected chi connectivity index (χ1v) is 5.85. The molecule has 4 nitrogen and oxygen atoms in total. The second-order valence-corrected chi connectivity index (χ2v) is 5.41. The number of rotatable bonds is 6. The van der Waals surface area contributed by atoms with Crippen molar-refractivity contribution in [1.82, 2.24) is 0 Å². The lowest BCUT2D eigenvalue weighted by atomic mass is 9.96. The molecule has 0 unspecified atom stereocenters. The minimum atomic E-state index is -0.966. The summed E-state index contributed by atoms with van der Waals surface area (Å²) in [6, 6.07) is 9.63. The molecule has 0 saturated carbocycles. The summed E-state index contributed by atoms with van der Waals surface area (Å²) in [6.45, 7) is 6.92. The van der Waals surface area contributed by atoms with Crippen LogP contribution < -0.4 is 0 Å². The van der Waals surface area contributed by atoms with E-state index in [-0.39, 0.29) is 6.61 Å². The van der Waals surface area contributed by atoms with E-state index in [1.54, 1.807) is 13.8 Å². The Bertz CT molecular complexity index is 396. The lowest BCUT2D eigenvalue weighted by Gasteiger charge is -2.26. The Balaban J connectivity index is 2.56. The molecule has 1 N–H and O–H groups in total. The SMILES string of the molecule is CC(C)(COOC(C)(C)c1ccccc1)C(=O)O. The maximum absolute atomic E-state index is 10.9. The van der Waals surface area contributed by atoms with E-state index >= 15 is 0 Å². The molecule has 18 heavy (non-hydrogen) atoms. The molecule has 0 bridgehead atoms. The highest BCUT2D eigenvalue weighted by Crippen LogP contribution is 2.26. The van der Waals surface area contributed by atoms with Crippen molar-refractivity contribution in [3.63, 3.8) is 0 Å². The van der Waals surface area contributed by atoms with Crippen LogP contribution in [-0.4, -0.2) is 17.7 Å². The third-order valence-corrected chi connectivity index (χ3v) is 2.73. The van der Waals surface area contributed by atoms with E-state index in [0.29, 0.717) is 0 Å². The zero-order valence-corrected chi connectivity index (χ0v) is 11.3. The van der Waals surface area contributed by atoms with Crippen LogP contribution in [-0.2, 0) is 20.2 Å². The molecular weight excluding hydrogens is 232 g/mol. The third-order valence-electron chi connectivity index (χ3n) is 2.73. The summed E-state index contributed by atoms with van der Waals surface area (Å²) in [5.41, 5.74) is -0.610. The molecule has 0 aromatic heterocycles. The molecule has 0 amide bonds. The molecule has 1 aromatic rings. The summed E-state index contributed by atoms with van der Waals surface area (Å²) in [7, 11) is 0. The van der Waals surface area contributed by atoms with Crippen molar-refractivity contribution in [2.75, 3.05) is 6.61 Å². The quantitative estimate of drug-likeness (QED) is 0.624. The second kappa shape index (κ2) is 5.50. The maximum atomic E-state index is 10.9. The van der Waals surface area contributed by atoms with Gasteiger partial charge in [0, 0.05) is 0 Å². The van der Waals surface area contributed by atoms with E-state index in [0.717, 1.165) is 5.56 Å². The molecule has 4 heteroatoms. The highest BCUT2D eigenvalue weighted by Gasteiger charge is 2.30. The van der Waals surface area contributed by atoms with Gasteiger partial charge in [0.2, 0.25) is 0 Å². The third kappa shape index (κ3) is 3.82. The zero-order valence-electron chi connectivity index (χ0n) is 11.3. The van der Waals surface area contributed by atoms with Gasteiger partial charge in [-0.3, -0.25) is 4.79 Å². The van der Waals surface area contributed by atoms with Crippen molar-refractivity contribution < 1.29 is 19.7 Å². The van der Waals surface area contributed by atoms with Gasteiger partial charge in [0.15, 0.2) is 0 Å². The molecule has 100 valence electrons. The van der Waals surface area contributed by atoms with Gasteiger partial charge in [-0.1, -0.05) is 30.3 Å². The monoisotopic (exact) mass is 252 g/mol. The van der Waals surface area contributed by atoms with Crippen LogP contribution in [0.4, 0.5) is 0 Å². The standard InChI is InChI=1S/C14H20O4/c1-13(2,12(15)16)10-17-18-14(3,4)11-8-6-5-7-9-11/h5-9H,10H2,1-4H3,(H,15,16). The van der Waals surface area contributed by atoms with Crippen LogP contribution in [0.2, 0.25) is 0 Å². The molecule has 1 rings (SSSR count). The Morgan fingerprint density at radius 1 is 1.17 bits per heavy atom. The number of carbonyl (C=O) groups is 1. The summed E-state index contributed by atoms with van der Waals surface area (Å²) >= 11 is 0. The van der Waals surface area contributed by atoms with Crippen LogP contribution in [0.25, 0.3) is 0 Å². The Labute approximate surface area is 107 Å². The highest BCUT2D eigenvalue weighted by atomic mass is 17.2. The van der Waals surface area contributed by atoms with Crippen molar-refractivity contribution in [2.45, 2.75) is 33.3 Å². The van der Waals surface area contributed by atoms with E-state index in [1.165, 1.54) is 0 Å². The number of carboxylic acids is 1. The van der Waals surface area contributed by atoms with Crippen molar-refractivity contribution in [3.05, 3.63) is 35.9 Å². The number of benzene rings is 1. The normalized spacial score (nSPS) is 12.4. The van der Waals surface area contributed by atoms with Crippen molar-refractivity contribution in [3.8, 4) is 0 Å². The van der Waals surface area contributed by atoms with Crippen LogP contribution in [0.3, 0.4) is 0 Å². The van der Waals surface area contributed by atoms with Gasteiger partial charge in [-0.05, 0) is 33.3 Å². The topological polar surface area (TPSA) is 55.8 Å². The van der Waals surface area contributed by atoms with Gasteiger partial charge in [-0.2, -0.15) is 0 Å². The predicted molar refractivity (Wildman–Crippen MR) is 67.9 cm³/mol. The molecule has 0 radical (unpaired) electrons. The zero-order chi connectivity index (χ0) is 13.8. The minimum absolute atomic E-state index is 0.00139. The van der Waals surface area contributed by atoms with Crippen LogP contribution in [0.5, 0.6) is 0 Å². The molecule has 0 saturated heterocycles. The first-order chi connectivity index (χ1) is 8.26. The molecule has 1 aromatic carbocycles. The van der Waals surface area contributed by atoms with Crippen LogP contribution in [0.1, 0.15) is 33.3 Å². The Kier molecular flexibility index (Phi) is 4.48. The van der Waals surface area contributed by atoms with Gasteiger partial charge in [-0.15, -0.1) is 0 Å². The van der Waals surface area contributed by atoms with Crippen LogP contribution in [0, 0.1) is 5.41 Å². The van der Waals surface area contributed by atoms with Gasteiger partial charge >= 0.3 is 5.97 Å². The molecule has 0 spiro atoms. The fourth-order valence-electron chi connectivity index (χ4n) is 1.27. The summed E-state index contributed by atoms with van der Waals surface area (Å²) in [5, 5.41) is 8.95. The predicted octanol–water partition coefficient (Wildman–Crippen LogP) is 2.98.